The van der Waals surface area contributed by atoms with Gasteiger partial charge in [0.05, 0.1) is 19.2 Å². The molecule has 256 valence electrons. The van der Waals surface area contributed by atoms with Gasteiger partial charge in [-0.05, 0) is 92.2 Å². The van der Waals surface area contributed by atoms with E-state index in [4.69, 9.17) is 14.2 Å². The van der Waals surface area contributed by atoms with Crippen LogP contribution in [0.1, 0.15) is 81.2 Å². The number of hydrogen-bond acceptors (Lipinski definition) is 7. The maximum atomic E-state index is 15.3. The van der Waals surface area contributed by atoms with Crippen LogP contribution in [0.2, 0.25) is 0 Å². The van der Waals surface area contributed by atoms with E-state index >= 15 is 4.39 Å². The van der Waals surface area contributed by atoms with E-state index in [1.807, 2.05) is 32.9 Å². The van der Waals surface area contributed by atoms with Crippen LogP contribution in [0, 0.1) is 17.7 Å². The molecule has 9 nitrogen and oxygen atoms in total. The molecule has 1 amide bonds. The Morgan fingerprint density at radius 1 is 1.04 bits per heavy atom. The average molecular weight is 660 g/mol. The number of methoxy groups -OCH3 is 1. The van der Waals surface area contributed by atoms with Gasteiger partial charge in [0.25, 0.3) is 0 Å². The van der Waals surface area contributed by atoms with Crippen molar-refractivity contribution in [1.82, 2.24) is 14.8 Å². The first-order valence-corrected chi connectivity index (χ1v) is 17.0. The molecule has 2 aliphatic heterocycles. The van der Waals surface area contributed by atoms with Crippen molar-refractivity contribution in [1.29, 1.82) is 0 Å². The van der Waals surface area contributed by atoms with Crippen LogP contribution in [0.25, 0.3) is 11.1 Å². The molecule has 2 aromatic carbocycles. The highest BCUT2D eigenvalue weighted by atomic mass is 19.1. The third kappa shape index (κ3) is 7.59. The highest BCUT2D eigenvalue weighted by Crippen LogP contribution is 2.48. The van der Waals surface area contributed by atoms with Gasteiger partial charge < -0.3 is 24.2 Å². The average Bonchev–Trinajstić information content (AvgIpc) is 3.89. The van der Waals surface area contributed by atoms with Gasteiger partial charge in [0, 0.05) is 44.4 Å². The number of carbonyl (C=O) groups excluding carboxylic acids is 1. The minimum Gasteiger partial charge on any atom is -0.485 e. The van der Waals surface area contributed by atoms with Crippen LogP contribution in [-0.2, 0) is 22.5 Å². The predicted molar refractivity (Wildman–Crippen MR) is 180 cm³/mol. The molecular formula is C38H46FN3O6. The zero-order valence-electron chi connectivity index (χ0n) is 28.5. The molecule has 1 N–H and O–H groups in total. The zero-order chi connectivity index (χ0) is 34.2. The van der Waals surface area contributed by atoms with E-state index < -0.39 is 23.3 Å². The number of halogens is 1. The summed E-state index contributed by atoms with van der Waals surface area (Å²) in [5, 5.41) is 9.80. The Morgan fingerprint density at radius 3 is 2.46 bits per heavy atom. The highest BCUT2D eigenvalue weighted by Gasteiger charge is 2.39. The molecule has 1 saturated carbocycles. The summed E-state index contributed by atoms with van der Waals surface area (Å²) in [5.74, 6) is -0.185. The summed E-state index contributed by atoms with van der Waals surface area (Å²) >= 11 is 0. The first-order valence-electron chi connectivity index (χ1n) is 17.0. The largest absolute Gasteiger partial charge is 0.485 e. The van der Waals surface area contributed by atoms with Gasteiger partial charge in [-0.1, -0.05) is 37.3 Å². The maximum absolute atomic E-state index is 15.3. The molecule has 3 atom stereocenters. The Kier molecular flexibility index (Phi) is 9.65. The van der Waals surface area contributed by atoms with Gasteiger partial charge in [0.1, 0.15) is 23.3 Å². The number of carboxylic acids is 1. The zero-order valence-corrected chi connectivity index (χ0v) is 28.5. The number of aromatic nitrogens is 1. The molecule has 3 aromatic rings. The number of piperazine rings is 1. The Hall–Kier alpha value is -4.18. The third-order valence-corrected chi connectivity index (χ3v) is 9.73. The first-order chi connectivity index (χ1) is 22.9. The lowest BCUT2D eigenvalue weighted by Crippen LogP contribution is -2.49. The summed E-state index contributed by atoms with van der Waals surface area (Å²) in [4.78, 5) is 32.6. The predicted octanol–water partition coefficient (Wildman–Crippen LogP) is 7.23. The highest BCUT2D eigenvalue weighted by molar-refractivity contribution is 5.71. The number of carbonyl (C=O) groups is 2. The van der Waals surface area contributed by atoms with Crippen LogP contribution >= 0.6 is 0 Å². The number of ether oxygens (including phenoxy) is 3. The van der Waals surface area contributed by atoms with Crippen LogP contribution in [0.5, 0.6) is 11.6 Å². The summed E-state index contributed by atoms with van der Waals surface area (Å²) in [6.07, 6.45) is 4.39. The summed E-state index contributed by atoms with van der Waals surface area (Å²) < 4.78 is 32.8. The number of aliphatic carboxylic acids is 1. The molecule has 0 radical (unpaired) electrons. The van der Waals surface area contributed by atoms with E-state index in [9.17, 15) is 14.7 Å². The number of rotatable bonds is 9. The van der Waals surface area contributed by atoms with Crippen molar-refractivity contribution in [2.45, 2.75) is 77.5 Å². The fourth-order valence-electron chi connectivity index (χ4n) is 7.01. The second-order valence-corrected chi connectivity index (χ2v) is 14.4. The topological polar surface area (TPSA) is 101 Å². The van der Waals surface area contributed by atoms with Gasteiger partial charge in [-0.3, -0.25) is 9.69 Å². The van der Waals surface area contributed by atoms with Crippen LogP contribution in [0.4, 0.5) is 9.18 Å². The molecule has 1 unspecified atom stereocenters. The SMILES string of the molecule is COc1cc(-c2ccc(C3CCc4ccc([C@H](C5CC5)[C@H](C)C(=O)O)cc4O3)cc2CN2CCN(C(=O)OC(C)(C)C)CC2)c(F)cn1. The van der Waals surface area contributed by atoms with Gasteiger partial charge in [-0.15, -0.1) is 0 Å². The van der Waals surface area contributed by atoms with E-state index in [0.29, 0.717) is 50.1 Å². The van der Waals surface area contributed by atoms with Gasteiger partial charge in [-0.25, -0.2) is 14.2 Å². The van der Waals surface area contributed by atoms with Gasteiger partial charge in [-0.2, -0.15) is 0 Å². The molecule has 10 heteroatoms. The first kappa shape index (κ1) is 33.7. The summed E-state index contributed by atoms with van der Waals surface area (Å²) in [5.41, 5.74) is 4.69. The Balaban J connectivity index is 1.26. The molecule has 0 bridgehead atoms. The van der Waals surface area contributed by atoms with Gasteiger partial charge in [0.2, 0.25) is 5.88 Å². The number of benzene rings is 2. The van der Waals surface area contributed by atoms with E-state index in [1.165, 1.54) is 13.3 Å². The molecule has 48 heavy (non-hydrogen) atoms. The number of aryl methyl sites for hydroxylation is 1. The maximum Gasteiger partial charge on any atom is 0.410 e. The Labute approximate surface area is 282 Å². The fourth-order valence-corrected chi connectivity index (χ4v) is 7.01. The minimum atomic E-state index is -0.773. The van der Waals surface area contributed by atoms with Crippen LogP contribution in [-0.4, -0.2) is 70.8 Å². The summed E-state index contributed by atoms with van der Waals surface area (Å²) in [6, 6.07) is 13.9. The Morgan fingerprint density at radius 2 is 1.79 bits per heavy atom. The molecule has 3 aliphatic rings. The number of nitrogens with zero attached hydrogens (tertiary/aromatic N) is 3. The van der Waals surface area contributed by atoms with Crippen molar-refractivity contribution in [3.05, 3.63) is 76.7 Å². The molecule has 1 saturated heterocycles. The lowest BCUT2D eigenvalue weighted by Gasteiger charge is -2.36. The molecule has 0 spiro atoms. The lowest BCUT2D eigenvalue weighted by molar-refractivity contribution is -0.142. The second kappa shape index (κ2) is 13.7. The van der Waals surface area contributed by atoms with Crippen molar-refractivity contribution < 1.29 is 33.3 Å². The number of amides is 1. The van der Waals surface area contributed by atoms with Crippen molar-refractivity contribution in [2.24, 2.45) is 11.8 Å². The quantitative estimate of drug-likeness (QED) is 0.257. The van der Waals surface area contributed by atoms with E-state index in [1.54, 1.807) is 17.9 Å². The van der Waals surface area contributed by atoms with Gasteiger partial charge >= 0.3 is 12.1 Å². The van der Waals surface area contributed by atoms with Crippen molar-refractivity contribution in [3.63, 3.8) is 0 Å². The third-order valence-electron chi connectivity index (χ3n) is 9.73. The smallest absolute Gasteiger partial charge is 0.410 e. The van der Waals surface area contributed by atoms with Crippen molar-refractivity contribution >= 4 is 12.1 Å². The van der Waals surface area contributed by atoms with Crippen LogP contribution < -0.4 is 9.47 Å². The molecule has 2 fully saturated rings. The normalized spacial score (nSPS) is 19.5. The molecule has 1 aromatic heterocycles. The van der Waals surface area contributed by atoms with Crippen LogP contribution in [0.15, 0.2) is 48.7 Å². The monoisotopic (exact) mass is 659 g/mol. The van der Waals surface area contributed by atoms with E-state index in [0.717, 1.165) is 59.3 Å². The fraction of sp³-hybridized carbons (Fsp3) is 0.500. The number of carboxylic acid groups (broad SMARTS) is 1. The standard InChI is InChI=1S/C38H46FN3O6/c1-23(36(43)44)35(25-7-8-25)27-9-6-24-11-13-32(47-33(24)19-27)26-10-12-29(30-20-34(46-5)40-21-31(30)39)28(18-26)22-41-14-16-42(17-15-41)37(45)48-38(2,3)4/h6,9-10,12,18-21,23,25,32,35H,7-8,11,13-17,22H2,1-5H3,(H,43,44)/t23-,32?,35-/m0/s1. The number of pyridine rings is 1. The molecule has 1 aliphatic carbocycles. The van der Waals surface area contributed by atoms with E-state index in [-0.39, 0.29) is 18.1 Å². The second-order valence-electron chi connectivity index (χ2n) is 14.4. The molecule has 3 heterocycles. The molecule has 6 rings (SSSR count). The summed E-state index contributed by atoms with van der Waals surface area (Å²) in [7, 11) is 1.51. The Bertz CT molecular complexity index is 1660. The number of hydrogen-bond donors (Lipinski definition) is 1. The van der Waals surface area contributed by atoms with E-state index in [2.05, 4.69) is 34.1 Å². The van der Waals surface area contributed by atoms with Crippen molar-refractivity contribution in [3.8, 4) is 22.8 Å². The lowest BCUT2D eigenvalue weighted by atomic mass is 9.82. The van der Waals surface area contributed by atoms with Crippen LogP contribution in [0.3, 0.4) is 0 Å². The summed E-state index contributed by atoms with van der Waals surface area (Å²) in [6.45, 7) is 10.3. The number of fused-ring (bicyclic) bond motifs is 1. The van der Waals surface area contributed by atoms with Gasteiger partial charge in [0.15, 0.2) is 0 Å². The minimum absolute atomic E-state index is 0.0364. The van der Waals surface area contributed by atoms with Crippen molar-refractivity contribution in [2.75, 3.05) is 33.3 Å². The molecular weight excluding hydrogens is 613 g/mol.